The molecule has 0 atom stereocenters. The first-order valence-corrected chi connectivity index (χ1v) is 4.83. The molecule has 0 amide bonds. The van der Waals surface area contributed by atoms with E-state index < -0.39 is 5.97 Å². The van der Waals surface area contributed by atoms with Gasteiger partial charge in [-0.15, -0.1) is 0 Å². The van der Waals surface area contributed by atoms with E-state index in [1.54, 1.807) is 6.92 Å². The lowest BCUT2D eigenvalue weighted by molar-refractivity contribution is 0.0696. The van der Waals surface area contributed by atoms with E-state index >= 15 is 0 Å². The standard InChI is InChI=1S/C12H14N2O3/c1-5-8-10(7(3)17-4)11(13)9(12(15)16)6(2)14-8/h5H,1,3H2,2,4H3,(H2,13,14)(H,15,16). The van der Waals surface area contributed by atoms with Crippen molar-refractivity contribution >= 4 is 23.5 Å². The van der Waals surface area contributed by atoms with Crippen LogP contribution < -0.4 is 5.73 Å². The highest BCUT2D eigenvalue weighted by Gasteiger charge is 2.21. The first-order valence-electron chi connectivity index (χ1n) is 4.83. The monoisotopic (exact) mass is 234 g/mol. The van der Waals surface area contributed by atoms with Gasteiger partial charge in [0.05, 0.1) is 29.7 Å². The summed E-state index contributed by atoms with van der Waals surface area (Å²) in [6.07, 6.45) is 1.48. The molecule has 1 heterocycles. The molecule has 5 heteroatoms. The predicted molar refractivity (Wildman–Crippen MR) is 66.5 cm³/mol. The number of aryl methyl sites for hydroxylation is 1. The smallest absolute Gasteiger partial charge is 0.339 e. The summed E-state index contributed by atoms with van der Waals surface area (Å²) >= 11 is 0. The number of carboxylic acid groups (broad SMARTS) is 1. The van der Waals surface area contributed by atoms with Gasteiger partial charge >= 0.3 is 5.97 Å². The SMILES string of the molecule is C=Cc1nc(C)c(C(=O)O)c(N)c1C(=C)OC. The van der Waals surface area contributed by atoms with Crippen LogP contribution in [0.25, 0.3) is 11.8 Å². The minimum absolute atomic E-state index is 0.0381. The number of carboxylic acids is 1. The van der Waals surface area contributed by atoms with Crippen molar-refractivity contribution in [2.75, 3.05) is 12.8 Å². The zero-order valence-corrected chi connectivity index (χ0v) is 9.78. The van der Waals surface area contributed by atoms with Crippen LogP contribution in [0.1, 0.15) is 27.3 Å². The van der Waals surface area contributed by atoms with Crippen molar-refractivity contribution in [1.82, 2.24) is 4.98 Å². The fourth-order valence-electron chi connectivity index (χ4n) is 1.56. The molecule has 0 spiro atoms. The minimum Gasteiger partial charge on any atom is -0.497 e. The number of rotatable bonds is 4. The second-order valence-corrected chi connectivity index (χ2v) is 3.38. The Labute approximate surface area is 99.2 Å². The van der Waals surface area contributed by atoms with Crippen molar-refractivity contribution in [3.63, 3.8) is 0 Å². The summed E-state index contributed by atoms with van der Waals surface area (Å²) in [6.45, 7) is 8.84. The Morgan fingerprint density at radius 1 is 1.53 bits per heavy atom. The zero-order chi connectivity index (χ0) is 13.2. The van der Waals surface area contributed by atoms with Crippen molar-refractivity contribution in [3.8, 4) is 0 Å². The second kappa shape index (κ2) is 4.69. The maximum absolute atomic E-state index is 11.1. The van der Waals surface area contributed by atoms with Crippen molar-refractivity contribution in [1.29, 1.82) is 0 Å². The number of nitrogens with two attached hydrogens (primary N) is 1. The van der Waals surface area contributed by atoms with Crippen molar-refractivity contribution in [2.24, 2.45) is 0 Å². The Hall–Kier alpha value is -2.30. The molecule has 90 valence electrons. The van der Waals surface area contributed by atoms with Crippen molar-refractivity contribution < 1.29 is 14.6 Å². The van der Waals surface area contributed by atoms with Gasteiger partial charge in [0, 0.05) is 0 Å². The quantitative estimate of drug-likeness (QED) is 0.777. The first kappa shape index (κ1) is 12.8. The average molecular weight is 234 g/mol. The largest absolute Gasteiger partial charge is 0.497 e. The van der Waals surface area contributed by atoms with Gasteiger partial charge in [-0.2, -0.15) is 0 Å². The molecule has 0 saturated carbocycles. The van der Waals surface area contributed by atoms with Gasteiger partial charge in [-0.1, -0.05) is 13.2 Å². The third kappa shape index (κ3) is 2.13. The number of hydrogen-bond donors (Lipinski definition) is 2. The van der Waals surface area contributed by atoms with E-state index in [-0.39, 0.29) is 17.0 Å². The van der Waals surface area contributed by atoms with E-state index in [1.165, 1.54) is 13.2 Å². The number of carbonyl (C=O) groups is 1. The third-order valence-corrected chi connectivity index (χ3v) is 2.38. The summed E-state index contributed by atoms with van der Waals surface area (Å²) in [5.41, 5.74) is 7.03. The topological polar surface area (TPSA) is 85.4 Å². The number of aromatic nitrogens is 1. The van der Waals surface area contributed by atoms with E-state index in [1.807, 2.05) is 0 Å². The van der Waals surface area contributed by atoms with Crippen LogP contribution in [0.2, 0.25) is 0 Å². The summed E-state index contributed by atoms with van der Waals surface area (Å²) in [4.78, 5) is 15.2. The molecule has 0 aliphatic heterocycles. The summed E-state index contributed by atoms with van der Waals surface area (Å²) in [7, 11) is 1.43. The minimum atomic E-state index is -1.13. The van der Waals surface area contributed by atoms with Gasteiger partial charge in [0.1, 0.15) is 11.3 Å². The number of anilines is 1. The Balaban J connectivity index is 3.67. The molecule has 5 nitrogen and oxygen atoms in total. The molecule has 1 rings (SSSR count). The zero-order valence-electron chi connectivity index (χ0n) is 9.78. The Morgan fingerprint density at radius 3 is 2.53 bits per heavy atom. The van der Waals surface area contributed by atoms with E-state index in [2.05, 4.69) is 18.1 Å². The number of ether oxygens (including phenoxy) is 1. The highest BCUT2D eigenvalue weighted by Crippen LogP contribution is 2.29. The van der Waals surface area contributed by atoms with Gasteiger partial charge in [0.2, 0.25) is 0 Å². The molecular weight excluding hydrogens is 220 g/mol. The molecule has 0 aliphatic rings. The van der Waals surface area contributed by atoms with Gasteiger partial charge < -0.3 is 15.6 Å². The van der Waals surface area contributed by atoms with E-state index in [0.717, 1.165) is 0 Å². The molecular formula is C12H14N2O3. The molecule has 0 aliphatic carbocycles. The lowest BCUT2D eigenvalue weighted by atomic mass is 10.0. The van der Waals surface area contributed by atoms with Crippen molar-refractivity contribution in [2.45, 2.75) is 6.92 Å². The highest BCUT2D eigenvalue weighted by atomic mass is 16.5. The van der Waals surface area contributed by atoms with Gasteiger partial charge in [0.25, 0.3) is 0 Å². The normalized spacial score (nSPS) is 9.76. The molecule has 0 unspecified atom stereocenters. The van der Waals surface area contributed by atoms with Gasteiger partial charge in [-0.05, 0) is 13.0 Å². The number of nitrogens with zero attached hydrogens (tertiary/aromatic N) is 1. The van der Waals surface area contributed by atoms with Crippen LogP contribution in [-0.4, -0.2) is 23.2 Å². The molecule has 0 saturated heterocycles. The number of methoxy groups -OCH3 is 1. The van der Waals surface area contributed by atoms with Crippen LogP contribution in [0, 0.1) is 6.92 Å². The van der Waals surface area contributed by atoms with Crippen LogP contribution >= 0.6 is 0 Å². The van der Waals surface area contributed by atoms with Crippen LogP contribution in [0.5, 0.6) is 0 Å². The lowest BCUT2D eigenvalue weighted by Gasteiger charge is -2.14. The van der Waals surface area contributed by atoms with E-state index in [4.69, 9.17) is 15.6 Å². The first-order chi connectivity index (χ1) is 7.93. The number of hydrogen-bond acceptors (Lipinski definition) is 4. The molecule has 0 aromatic carbocycles. The van der Waals surface area contributed by atoms with Gasteiger partial charge in [-0.25, -0.2) is 4.79 Å². The maximum atomic E-state index is 11.1. The Bertz CT molecular complexity index is 507. The van der Waals surface area contributed by atoms with Crippen molar-refractivity contribution in [3.05, 3.63) is 35.7 Å². The van der Waals surface area contributed by atoms with Crippen LogP contribution in [0.15, 0.2) is 13.2 Å². The summed E-state index contributed by atoms with van der Waals surface area (Å²) in [5, 5.41) is 9.07. The van der Waals surface area contributed by atoms with Gasteiger partial charge in [0.15, 0.2) is 0 Å². The summed E-state index contributed by atoms with van der Waals surface area (Å²) in [6, 6.07) is 0. The number of pyridine rings is 1. The Morgan fingerprint density at radius 2 is 2.12 bits per heavy atom. The van der Waals surface area contributed by atoms with Crippen LogP contribution in [-0.2, 0) is 4.74 Å². The van der Waals surface area contributed by atoms with E-state index in [9.17, 15) is 4.79 Å². The third-order valence-electron chi connectivity index (χ3n) is 2.38. The number of nitrogen functional groups attached to an aromatic ring is 1. The predicted octanol–water partition coefficient (Wildman–Crippen LogP) is 1.93. The molecule has 0 radical (unpaired) electrons. The molecule has 0 fully saturated rings. The second-order valence-electron chi connectivity index (χ2n) is 3.38. The summed E-state index contributed by atoms with van der Waals surface area (Å²) in [5.74, 6) is -0.874. The molecule has 17 heavy (non-hydrogen) atoms. The molecule has 0 bridgehead atoms. The number of aromatic carboxylic acids is 1. The fourth-order valence-corrected chi connectivity index (χ4v) is 1.56. The lowest BCUT2D eigenvalue weighted by Crippen LogP contribution is -2.12. The fraction of sp³-hybridized carbons (Fsp3) is 0.167. The van der Waals surface area contributed by atoms with Crippen LogP contribution in [0.3, 0.4) is 0 Å². The molecule has 1 aromatic heterocycles. The van der Waals surface area contributed by atoms with E-state index in [0.29, 0.717) is 17.0 Å². The average Bonchev–Trinajstić information content (AvgIpc) is 2.26. The highest BCUT2D eigenvalue weighted by molar-refractivity contribution is 5.98. The maximum Gasteiger partial charge on any atom is 0.339 e. The van der Waals surface area contributed by atoms with Crippen LogP contribution in [0.4, 0.5) is 5.69 Å². The Kier molecular flexibility index (Phi) is 3.52. The molecule has 1 aromatic rings. The van der Waals surface area contributed by atoms with Gasteiger partial charge in [-0.3, -0.25) is 4.98 Å². The summed E-state index contributed by atoms with van der Waals surface area (Å²) < 4.78 is 4.98. The molecule has 3 N–H and O–H groups in total.